The van der Waals surface area contributed by atoms with Crippen LogP contribution in [0.3, 0.4) is 0 Å². The average Bonchev–Trinajstić information content (AvgIpc) is 2.53. The van der Waals surface area contributed by atoms with E-state index in [1.807, 2.05) is 30.3 Å². The minimum atomic E-state index is 0.485. The van der Waals surface area contributed by atoms with Gasteiger partial charge in [-0.2, -0.15) is 4.98 Å². The fourth-order valence-corrected chi connectivity index (χ4v) is 1.85. The number of ether oxygens (including phenoxy) is 3. The Bertz CT molecular complexity index is 565. The number of hydrogen-bond donors (Lipinski definition) is 1. The summed E-state index contributed by atoms with van der Waals surface area (Å²) in [5.74, 6) is 2.98. The largest absolute Gasteiger partial charge is 0.493 e. The van der Waals surface area contributed by atoms with Gasteiger partial charge in [-0.05, 0) is 24.6 Å². The molecular weight excluding hydrogens is 268 g/mol. The van der Waals surface area contributed by atoms with Crippen LogP contribution in [0.4, 0.5) is 5.82 Å². The van der Waals surface area contributed by atoms with Gasteiger partial charge in [0.1, 0.15) is 5.82 Å². The van der Waals surface area contributed by atoms with E-state index in [2.05, 4.69) is 17.2 Å². The summed E-state index contributed by atoms with van der Waals surface area (Å²) >= 11 is 0. The van der Waals surface area contributed by atoms with E-state index in [-0.39, 0.29) is 0 Å². The standard InChI is InChI=1S/C16H20N2O3/c1-4-11-17-14-9-6-10-15(18-14)21-16-12(19-2)7-5-8-13(16)20-3/h5-10H,4,11H2,1-3H3,(H,17,18). The smallest absolute Gasteiger partial charge is 0.221 e. The first-order chi connectivity index (χ1) is 10.3. The summed E-state index contributed by atoms with van der Waals surface area (Å²) in [6, 6.07) is 11.1. The molecule has 0 unspecified atom stereocenters. The van der Waals surface area contributed by atoms with Crippen molar-refractivity contribution in [3.05, 3.63) is 36.4 Å². The second kappa shape index (κ2) is 7.38. The van der Waals surface area contributed by atoms with Crippen LogP contribution in [0.1, 0.15) is 13.3 Å². The zero-order valence-corrected chi connectivity index (χ0v) is 12.6. The molecule has 21 heavy (non-hydrogen) atoms. The van der Waals surface area contributed by atoms with E-state index in [9.17, 15) is 0 Å². The number of nitrogens with zero attached hydrogens (tertiary/aromatic N) is 1. The number of anilines is 1. The Morgan fingerprint density at radius 1 is 1.00 bits per heavy atom. The molecule has 0 saturated heterocycles. The lowest BCUT2D eigenvalue weighted by molar-refractivity contribution is 0.342. The number of aromatic nitrogens is 1. The van der Waals surface area contributed by atoms with Crippen molar-refractivity contribution in [1.82, 2.24) is 4.98 Å². The number of para-hydroxylation sites is 1. The number of hydrogen-bond acceptors (Lipinski definition) is 5. The van der Waals surface area contributed by atoms with Crippen molar-refractivity contribution in [1.29, 1.82) is 0 Å². The first kappa shape index (κ1) is 15.0. The average molecular weight is 288 g/mol. The third-order valence-electron chi connectivity index (χ3n) is 2.87. The SMILES string of the molecule is CCCNc1cccc(Oc2c(OC)cccc2OC)n1. The van der Waals surface area contributed by atoms with Crippen molar-refractivity contribution in [3.8, 4) is 23.1 Å². The van der Waals surface area contributed by atoms with Gasteiger partial charge in [0.05, 0.1) is 14.2 Å². The van der Waals surface area contributed by atoms with Crippen LogP contribution in [0.25, 0.3) is 0 Å². The Morgan fingerprint density at radius 3 is 2.29 bits per heavy atom. The molecule has 1 heterocycles. The topological polar surface area (TPSA) is 52.6 Å². The molecule has 1 aromatic carbocycles. The molecule has 0 saturated carbocycles. The van der Waals surface area contributed by atoms with Crippen molar-refractivity contribution in [3.63, 3.8) is 0 Å². The predicted molar refractivity (Wildman–Crippen MR) is 82.6 cm³/mol. The highest BCUT2D eigenvalue weighted by molar-refractivity contribution is 5.52. The van der Waals surface area contributed by atoms with Gasteiger partial charge < -0.3 is 19.5 Å². The Balaban J connectivity index is 2.25. The van der Waals surface area contributed by atoms with E-state index in [0.717, 1.165) is 18.8 Å². The fraction of sp³-hybridized carbons (Fsp3) is 0.312. The highest BCUT2D eigenvalue weighted by Gasteiger charge is 2.13. The van der Waals surface area contributed by atoms with E-state index in [1.165, 1.54) is 0 Å². The summed E-state index contributed by atoms with van der Waals surface area (Å²) < 4.78 is 16.5. The number of rotatable bonds is 7. The van der Waals surface area contributed by atoms with Crippen molar-refractivity contribution in [2.75, 3.05) is 26.1 Å². The van der Waals surface area contributed by atoms with E-state index in [4.69, 9.17) is 14.2 Å². The third kappa shape index (κ3) is 3.78. The minimum Gasteiger partial charge on any atom is -0.493 e. The highest BCUT2D eigenvalue weighted by Crippen LogP contribution is 2.39. The van der Waals surface area contributed by atoms with Crippen LogP contribution in [-0.4, -0.2) is 25.7 Å². The van der Waals surface area contributed by atoms with Crippen LogP contribution < -0.4 is 19.5 Å². The molecule has 112 valence electrons. The maximum Gasteiger partial charge on any atom is 0.221 e. The molecular formula is C16H20N2O3. The minimum absolute atomic E-state index is 0.485. The van der Waals surface area contributed by atoms with Crippen LogP contribution in [0.5, 0.6) is 23.1 Å². The first-order valence-corrected chi connectivity index (χ1v) is 6.88. The molecule has 0 spiro atoms. The van der Waals surface area contributed by atoms with Crippen LogP contribution >= 0.6 is 0 Å². The Kier molecular flexibility index (Phi) is 5.26. The number of pyridine rings is 1. The maximum atomic E-state index is 5.84. The molecule has 1 N–H and O–H groups in total. The number of benzene rings is 1. The van der Waals surface area contributed by atoms with Gasteiger partial charge in [-0.1, -0.05) is 19.1 Å². The van der Waals surface area contributed by atoms with Gasteiger partial charge >= 0.3 is 0 Å². The lowest BCUT2D eigenvalue weighted by Crippen LogP contribution is -2.02. The molecule has 0 fully saturated rings. The lowest BCUT2D eigenvalue weighted by Gasteiger charge is -2.13. The van der Waals surface area contributed by atoms with Gasteiger partial charge in [-0.15, -0.1) is 0 Å². The summed E-state index contributed by atoms with van der Waals surface area (Å²) in [5, 5.41) is 3.22. The first-order valence-electron chi connectivity index (χ1n) is 6.88. The molecule has 0 aliphatic carbocycles. The van der Waals surface area contributed by atoms with Crippen LogP contribution in [-0.2, 0) is 0 Å². The van der Waals surface area contributed by atoms with Crippen LogP contribution in [0, 0.1) is 0 Å². The number of methoxy groups -OCH3 is 2. The van der Waals surface area contributed by atoms with E-state index in [1.54, 1.807) is 20.3 Å². The molecule has 0 aliphatic heterocycles. The lowest BCUT2D eigenvalue weighted by atomic mass is 10.3. The summed E-state index contributed by atoms with van der Waals surface area (Å²) in [5.41, 5.74) is 0. The normalized spacial score (nSPS) is 10.0. The molecule has 2 aromatic rings. The molecule has 0 aliphatic rings. The third-order valence-corrected chi connectivity index (χ3v) is 2.87. The van der Waals surface area contributed by atoms with Crippen LogP contribution in [0.2, 0.25) is 0 Å². The molecule has 0 atom stereocenters. The highest BCUT2D eigenvalue weighted by atomic mass is 16.5. The Hall–Kier alpha value is -2.43. The summed E-state index contributed by atoms with van der Waals surface area (Å²) in [6.45, 7) is 2.97. The fourth-order valence-electron chi connectivity index (χ4n) is 1.85. The van der Waals surface area contributed by atoms with Crippen LogP contribution in [0.15, 0.2) is 36.4 Å². The summed E-state index contributed by atoms with van der Waals surface area (Å²) in [6.07, 6.45) is 1.03. The van der Waals surface area contributed by atoms with Gasteiger partial charge in [0.25, 0.3) is 0 Å². The summed E-state index contributed by atoms with van der Waals surface area (Å²) in [4.78, 5) is 4.41. The number of nitrogens with one attached hydrogen (secondary N) is 1. The molecule has 1 aromatic heterocycles. The second-order valence-corrected chi connectivity index (χ2v) is 4.38. The second-order valence-electron chi connectivity index (χ2n) is 4.38. The van der Waals surface area contributed by atoms with Crippen molar-refractivity contribution in [2.24, 2.45) is 0 Å². The maximum absolute atomic E-state index is 5.84. The molecule has 0 amide bonds. The molecule has 2 rings (SSSR count). The summed E-state index contributed by atoms with van der Waals surface area (Å²) in [7, 11) is 3.18. The van der Waals surface area contributed by atoms with E-state index >= 15 is 0 Å². The quantitative estimate of drug-likeness (QED) is 0.841. The molecule has 5 nitrogen and oxygen atoms in total. The van der Waals surface area contributed by atoms with Crippen molar-refractivity contribution in [2.45, 2.75) is 13.3 Å². The van der Waals surface area contributed by atoms with Crippen molar-refractivity contribution < 1.29 is 14.2 Å². The van der Waals surface area contributed by atoms with Gasteiger partial charge in [-0.3, -0.25) is 0 Å². The molecule has 5 heteroatoms. The van der Waals surface area contributed by atoms with E-state index in [0.29, 0.717) is 23.1 Å². The van der Waals surface area contributed by atoms with Crippen molar-refractivity contribution >= 4 is 5.82 Å². The van der Waals surface area contributed by atoms with Gasteiger partial charge in [0.15, 0.2) is 11.5 Å². The van der Waals surface area contributed by atoms with Gasteiger partial charge in [-0.25, -0.2) is 0 Å². The zero-order valence-electron chi connectivity index (χ0n) is 12.6. The predicted octanol–water partition coefficient (Wildman–Crippen LogP) is 3.71. The Labute approximate surface area is 124 Å². The Morgan fingerprint density at radius 2 is 1.67 bits per heavy atom. The zero-order chi connectivity index (χ0) is 15.1. The van der Waals surface area contributed by atoms with E-state index < -0.39 is 0 Å². The van der Waals surface area contributed by atoms with Gasteiger partial charge in [0.2, 0.25) is 11.6 Å². The monoisotopic (exact) mass is 288 g/mol. The van der Waals surface area contributed by atoms with Gasteiger partial charge in [0, 0.05) is 12.6 Å². The molecule has 0 bridgehead atoms. The molecule has 0 radical (unpaired) electrons.